The summed E-state index contributed by atoms with van der Waals surface area (Å²) >= 11 is 1.30. The normalized spacial score (nSPS) is 10.1. The summed E-state index contributed by atoms with van der Waals surface area (Å²) in [6, 6.07) is 3.68. The Balaban J connectivity index is 1.67. The van der Waals surface area contributed by atoms with Gasteiger partial charge in [-0.2, -0.15) is 0 Å². The summed E-state index contributed by atoms with van der Waals surface area (Å²) in [5.74, 6) is -0.426. The van der Waals surface area contributed by atoms with Gasteiger partial charge in [-0.15, -0.1) is 10.2 Å². The number of amides is 2. The highest BCUT2D eigenvalue weighted by molar-refractivity contribution is 7.15. The molecule has 8 heteroatoms. The molecule has 0 aliphatic carbocycles. The molecular weight excluding hydrogens is 290 g/mol. The molecule has 0 aromatic carbocycles. The minimum atomic E-state index is -0.248. The van der Waals surface area contributed by atoms with E-state index in [-0.39, 0.29) is 24.7 Å². The lowest BCUT2D eigenvalue weighted by molar-refractivity contribution is -0.124. The van der Waals surface area contributed by atoms with Crippen LogP contribution < -0.4 is 10.6 Å². The smallest absolute Gasteiger partial charge is 0.226 e. The quantitative estimate of drug-likeness (QED) is 0.838. The van der Waals surface area contributed by atoms with E-state index in [9.17, 15) is 9.59 Å². The topological polar surface area (TPSA) is 96.9 Å². The Morgan fingerprint density at radius 3 is 2.71 bits per heavy atom. The van der Waals surface area contributed by atoms with Gasteiger partial charge in [0.25, 0.3) is 0 Å². The molecule has 7 nitrogen and oxygen atoms in total. The van der Waals surface area contributed by atoms with Crippen molar-refractivity contribution in [3.05, 3.63) is 35.1 Å². The van der Waals surface area contributed by atoms with Gasteiger partial charge in [-0.1, -0.05) is 17.4 Å². The Hall–Kier alpha value is -2.35. The van der Waals surface area contributed by atoms with Crippen molar-refractivity contribution in [2.24, 2.45) is 0 Å². The van der Waals surface area contributed by atoms with Crippen LogP contribution in [0.25, 0.3) is 0 Å². The first-order valence-corrected chi connectivity index (χ1v) is 7.20. The molecule has 0 bridgehead atoms. The van der Waals surface area contributed by atoms with Gasteiger partial charge < -0.3 is 10.6 Å². The fourth-order valence-corrected chi connectivity index (χ4v) is 2.16. The molecule has 110 valence electrons. The summed E-state index contributed by atoms with van der Waals surface area (Å²) in [5.41, 5.74) is 0.916. The van der Waals surface area contributed by atoms with Crippen molar-refractivity contribution in [2.75, 3.05) is 5.32 Å². The average molecular weight is 305 g/mol. The molecule has 21 heavy (non-hydrogen) atoms. The number of carbonyl (C=O) groups excluding carboxylic acids is 2. The first kappa shape index (κ1) is 15.0. The van der Waals surface area contributed by atoms with E-state index in [4.69, 9.17) is 0 Å². The van der Waals surface area contributed by atoms with Gasteiger partial charge in [-0.25, -0.2) is 0 Å². The van der Waals surface area contributed by atoms with Crippen LogP contribution in [0.5, 0.6) is 0 Å². The maximum absolute atomic E-state index is 11.6. The number of hydrogen-bond donors (Lipinski definition) is 2. The number of nitrogens with one attached hydrogen (secondary N) is 2. The zero-order valence-electron chi connectivity index (χ0n) is 11.5. The summed E-state index contributed by atoms with van der Waals surface area (Å²) in [6.45, 7) is 2.21. The highest BCUT2D eigenvalue weighted by Gasteiger charge is 2.09. The van der Waals surface area contributed by atoms with Crippen LogP contribution in [0.4, 0.5) is 5.13 Å². The molecule has 2 aromatic heterocycles. The molecule has 0 fully saturated rings. The molecule has 2 rings (SSSR count). The molecule has 2 N–H and O–H groups in total. The van der Waals surface area contributed by atoms with Crippen LogP contribution in [0.2, 0.25) is 0 Å². The van der Waals surface area contributed by atoms with Gasteiger partial charge in [0.15, 0.2) is 0 Å². The number of aryl methyl sites for hydroxylation is 1. The second kappa shape index (κ2) is 7.44. The first-order chi connectivity index (χ1) is 10.1. The Morgan fingerprint density at radius 2 is 2.05 bits per heavy atom. The van der Waals surface area contributed by atoms with E-state index >= 15 is 0 Å². The molecule has 2 heterocycles. The van der Waals surface area contributed by atoms with Crippen molar-refractivity contribution < 1.29 is 9.59 Å². The Bertz CT molecular complexity index is 614. The third-order valence-corrected chi connectivity index (χ3v) is 3.32. The van der Waals surface area contributed by atoms with E-state index < -0.39 is 0 Å². The van der Waals surface area contributed by atoms with E-state index in [2.05, 4.69) is 25.8 Å². The minimum Gasteiger partial charge on any atom is -0.352 e. The number of aromatic nitrogens is 3. The predicted octanol–water partition coefficient (Wildman–Crippen LogP) is 1.28. The van der Waals surface area contributed by atoms with Crippen LogP contribution in [-0.4, -0.2) is 27.0 Å². The summed E-state index contributed by atoms with van der Waals surface area (Å²) in [4.78, 5) is 27.2. The molecule has 0 unspecified atom stereocenters. The lowest BCUT2D eigenvalue weighted by atomic mass is 10.2. The second-order valence-corrected chi connectivity index (χ2v) is 5.49. The standard InChI is InChI=1S/C13H15N5O2S/c1-9-17-18-13(21-9)16-12(20)5-4-11(19)15-8-10-3-2-6-14-7-10/h2-3,6-7H,4-5,8H2,1H3,(H,15,19)(H,16,18,20). The van der Waals surface area contributed by atoms with Crippen LogP contribution in [0.1, 0.15) is 23.4 Å². The van der Waals surface area contributed by atoms with Crippen molar-refractivity contribution in [3.63, 3.8) is 0 Å². The van der Waals surface area contributed by atoms with Crippen molar-refractivity contribution in [2.45, 2.75) is 26.3 Å². The van der Waals surface area contributed by atoms with Gasteiger partial charge in [0.2, 0.25) is 16.9 Å². The molecule has 2 aromatic rings. The Kier molecular flexibility index (Phi) is 5.33. The van der Waals surface area contributed by atoms with Gasteiger partial charge in [0.05, 0.1) is 0 Å². The SMILES string of the molecule is Cc1nnc(NC(=O)CCC(=O)NCc2cccnc2)s1. The van der Waals surface area contributed by atoms with Crippen LogP contribution in [0.3, 0.4) is 0 Å². The number of carbonyl (C=O) groups is 2. The third-order valence-electron chi connectivity index (χ3n) is 2.56. The largest absolute Gasteiger partial charge is 0.352 e. The van der Waals surface area contributed by atoms with Crippen molar-refractivity contribution in [1.82, 2.24) is 20.5 Å². The number of nitrogens with zero attached hydrogens (tertiary/aromatic N) is 3. The zero-order chi connectivity index (χ0) is 15.1. The molecule has 0 atom stereocenters. The lowest BCUT2D eigenvalue weighted by Gasteiger charge is -2.04. The monoisotopic (exact) mass is 305 g/mol. The first-order valence-electron chi connectivity index (χ1n) is 6.39. The van der Waals surface area contributed by atoms with E-state index in [0.29, 0.717) is 11.7 Å². The zero-order valence-corrected chi connectivity index (χ0v) is 12.3. The fourth-order valence-electron chi connectivity index (χ4n) is 1.55. The van der Waals surface area contributed by atoms with Crippen molar-refractivity contribution >= 4 is 28.3 Å². The lowest BCUT2D eigenvalue weighted by Crippen LogP contribution is -2.24. The molecule has 0 aliphatic rings. The van der Waals surface area contributed by atoms with Crippen LogP contribution in [0, 0.1) is 6.92 Å². The Labute approximate surface area is 125 Å². The van der Waals surface area contributed by atoms with E-state index in [1.165, 1.54) is 11.3 Å². The molecule has 0 aliphatic heterocycles. The average Bonchev–Trinajstić information content (AvgIpc) is 2.89. The maximum Gasteiger partial charge on any atom is 0.226 e. The maximum atomic E-state index is 11.6. The fraction of sp³-hybridized carbons (Fsp3) is 0.308. The number of anilines is 1. The molecule has 0 radical (unpaired) electrons. The molecule has 0 saturated carbocycles. The van der Waals surface area contributed by atoms with E-state index in [0.717, 1.165) is 10.6 Å². The summed E-state index contributed by atoms with van der Waals surface area (Å²) in [6.07, 6.45) is 3.59. The van der Waals surface area contributed by atoms with Gasteiger partial charge in [-0.05, 0) is 18.6 Å². The summed E-state index contributed by atoms with van der Waals surface area (Å²) in [5, 5.41) is 14.2. The molecule has 0 spiro atoms. The number of rotatable bonds is 6. The highest BCUT2D eigenvalue weighted by Crippen LogP contribution is 2.13. The predicted molar refractivity (Wildman–Crippen MR) is 78.6 cm³/mol. The number of pyridine rings is 1. The van der Waals surface area contributed by atoms with E-state index in [1.54, 1.807) is 25.4 Å². The van der Waals surface area contributed by atoms with Crippen molar-refractivity contribution in [3.8, 4) is 0 Å². The summed E-state index contributed by atoms with van der Waals surface area (Å²) in [7, 11) is 0. The highest BCUT2D eigenvalue weighted by atomic mass is 32.1. The minimum absolute atomic E-state index is 0.109. The van der Waals surface area contributed by atoms with Gasteiger partial charge in [0, 0.05) is 31.8 Å². The number of hydrogen-bond acceptors (Lipinski definition) is 6. The van der Waals surface area contributed by atoms with Gasteiger partial charge in [0.1, 0.15) is 5.01 Å². The van der Waals surface area contributed by atoms with Crippen molar-refractivity contribution in [1.29, 1.82) is 0 Å². The van der Waals surface area contributed by atoms with Gasteiger partial charge in [-0.3, -0.25) is 14.6 Å². The van der Waals surface area contributed by atoms with Crippen LogP contribution >= 0.6 is 11.3 Å². The molecular formula is C13H15N5O2S. The van der Waals surface area contributed by atoms with E-state index in [1.807, 2.05) is 6.07 Å². The van der Waals surface area contributed by atoms with Gasteiger partial charge >= 0.3 is 0 Å². The Morgan fingerprint density at radius 1 is 1.24 bits per heavy atom. The summed E-state index contributed by atoms with van der Waals surface area (Å²) < 4.78 is 0. The molecule has 2 amide bonds. The molecule has 0 saturated heterocycles. The third kappa shape index (κ3) is 5.27. The second-order valence-electron chi connectivity index (χ2n) is 4.31. The van der Waals surface area contributed by atoms with Crippen LogP contribution in [0.15, 0.2) is 24.5 Å². The van der Waals surface area contributed by atoms with Crippen LogP contribution in [-0.2, 0) is 16.1 Å².